The molecule has 6 atom stereocenters. The van der Waals surface area contributed by atoms with Crippen LogP contribution < -0.4 is 4.74 Å². The average molecular weight is 515 g/mol. The van der Waals surface area contributed by atoms with Crippen molar-refractivity contribution in [3.63, 3.8) is 0 Å². The number of benzene rings is 1. The predicted molar refractivity (Wildman–Crippen MR) is 126 cm³/mol. The predicted octanol–water partition coefficient (Wildman–Crippen LogP) is 2.31. The van der Waals surface area contributed by atoms with Crippen LogP contribution in [0.2, 0.25) is 0 Å². The topological polar surface area (TPSA) is 157 Å². The zero-order chi connectivity index (χ0) is 26.7. The number of carbonyl (C=O) groups excluding carboxylic acids is 3. The summed E-state index contributed by atoms with van der Waals surface area (Å²) in [4.78, 5) is 48.4. The Bertz CT molecular complexity index is 1220. The van der Waals surface area contributed by atoms with Crippen LogP contribution in [0.4, 0.5) is 0 Å². The SMILES string of the molecule is CC(=O)O[C@@H](C)C(=O)C[C@@H](CC(=O)O)C(=O)OC1=CC[C@]2(O)[C@H]3CCC[C@]24c2c(ccc(O)c2O[C@H]14)C3. The largest absolute Gasteiger partial charge is 0.504 e. The third-order valence-corrected chi connectivity index (χ3v) is 8.48. The molecule has 2 bridgehead atoms. The van der Waals surface area contributed by atoms with E-state index in [-0.39, 0.29) is 29.6 Å². The van der Waals surface area contributed by atoms with Crippen molar-refractivity contribution in [3.05, 3.63) is 35.1 Å². The first-order valence-electron chi connectivity index (χ1n) is 12.6. The number of hydrogen-bond donors (Lipinski definition) is 3. The van der Waals surface area contributed by atoms with Crippen LogP contribution in [0.25, 0.3) is 0 Å². The van der Waals surface area contributed by atoms with E-state index in [0.717, 1.165) is 30.9 Å². The third-order valence-electron chi connectivity index (χ3n) is 8.48. The Kier molecular flexibility index (Phi) is 6.05. The molecule has 1 aromatic rings. The Morgan fingerprint density at radius 3 is 2.68 bits per heavy atom. The summed E-state index contributed by atoms with van der Waals surface area (Å²) < 4.78 is 16.8. The number of carbonyl (C=O) groups is 4. The lowest BCUT2D eigenvalue weighted by molar-refractivity contribution is -0.164. The molecule has 1 aliphatic heterocycles. The molecule has 0 radical (unpaired) electrons. The first-order valence-corrected chi connectivity index (χ1v) is 12.6. The lowest BCUT2D eigenvalue weighted by Crippen LogP contribution is -2.67. The highest BCUT2D eigenvalue weighted by atomic mass is 16.6. The average Bonchev–Trinajstić information content (AvgIpc) is 3.16. The van der Waals surface area contributed by atoms with Gasteiger partial charge in [-0.2, -0.15) is 0 Å². The number of aliphatic carboxylic acids is 1. The van der Waals surface area contributed by atoms with Crippen LogP contribution in [0, 0.1) is 11.8 Å². The first kappa shape index (κ1) is 25.3. The number of aliphatic hydroxyl groups is 1. The van der Waals surface area contributed by atoms with Crippen molar-refractivity contribution in [1.29, 1.82) is 0 Å². The summed E-state index contributed by atoms with van der Waals surface area (Å²) in [5.74, 6) is -4.49. The van der Waals surface area contributed by atoms with Gasteiger partial charge in [0.25, 0.3) is 0 Å². The Labute approximate surface area is 213 Å². The molecule has 1 saturated carbocycles. The van der Waals surface area contributed by atoms with E-state index in [1.807, 2.05) is 6.07 Å². The highest BCUT2D eigenvalue weighted by molar-refractivity contribution is 5.90. The van der Waals surface area contributed by atoms with Crippen LogP contribution in [0.5, 0.6) is 11.5 Å². The van der Waals surface area contributed by atoms with Crippen molar-refractivity contribution in [2.24, 2.45) is 11.8 Å². The van der Waals surface area contributed by atoms with Gasteiger partial charge < -0.3 is 29.5 Å². The number of phenols is 1. The number of Topliss-reactive ketones (excluding diaryl/α,β-unsaturated/α-hetero) is 1. The zero-order valence-electron chi connectivity index (χ0n) is 20.7. The van der Waals surface area contributed by atoms with Gasteiger partial charge >= 0.3 is 17.9 Å². The van der Waals surface area contributed by atoms with E-state index in [2.05, 4.69) is 0 Å². The minimum atomic E-state index is -1.32. The quantitative estimate of drug-likeness (QED) is 0.440. The van der Waals surface area contributed by atoms with Crippen molar-refractivity contribution >= 4 is 23.7 Å². The maximum Gasteiger partial charge on any atom is 0.315 e. The smallest absolute Gasteiger partial charge is 0.315 e. The van der Waals surface area contributed by atoms with E-state index in [9.17, 15) is 34.5 Å². The van der Waals surface area contributed by atoms with Gasteiger partial charge in [0.05, 0.1) is 23.4 Å². The molecule has 0 amide bonds. The molecule has 4 aliphatic rings. The van der Waals surface area contributed by atoms with E-state index >= 15 is 0 Å². The van der Waals surface area contributed by atoms with Gasteiger partial charge in [0.1, 0.15) is 5.76 Å². The number of carboxylic acid groups (broad SMARTS) is 1. The number of ketones is 1. The van der Waals surface area contributed by atoms with Crippen LogP contribution >= 0.6 is 0 Å². The van der Waals surface area contributed by atoms with Gasteiger partial charge in [0, 0.05) is 18.9 Å². The van der Waals surface area contributed by atoms with E-state index in [1.165, 1.54) is 6.92 Å². The second kappa shape index (κ2) is 8.86. The number of aromatic hydroxyl groups is 1. The normalized spacial score (nSPS) is 30.2. The molecule has 37 heavy (non-hydrogen) atoms. The lowest BCUT2D eigenvalue weighted by atomic mass is 9.47. The molecule has 5 rings (SSSR count). The maximum absolute atomic E-state index is 13.2. The monoisotopic (exact) mass is 514 g/mol. The van der Waals surface area contributed by atoms with Crippen molar-refractivity contribution in [2.45, 2.75) is 82.0 Å². The van der Waals surface area contributed by atoms with Gasteiger partial charge in [-0.1, -0.05) is 12.5 Å². The molecule has 10 heteroatoms. The van der Waals surface area contributed by atoms with Gasteiger partial charge in [-0.05, 0) is 56.2 Å². The van der Waals surface area contributed by atoms with E-state index < -0.39 is 65.7 Å². The third kappa shape index (κ3) is 3.80. The van der Waals surface area contributed by atoms with Crippen molar-refractivity contribution in [1.82, 2.24) is 0 Å². The fraction of sp³-hybridized carbons (Fsp3) is 0.556. The number of esters is 2. The van der Waals surface area contributed by atoms with Crippen LogP contribution in [0.1, 0.15) is 63.5 Å². The second-order valence-electron chi connectivity index (χ2n) is 10.6. The Morgan fingerprint density at radius 2 is 1.97 bits per heavy atom. The van der Waals surface area contributed by atoms with Gasteiger partial charge in [-0.3, -0.25) is 19.2 Å². The summed E-state index contributed by atoms with van der Waals surface area (Å²) in [7, 11) is 0. The highest BCUT2D eigenvalue weighted by Crippen LogP contribution is 2.67. The number of phenolic OH excluding ortho intramolecular Hbond substituents is 1. The van der Waals surface area contributed by atoms with Gasteiger partial charge in [-0.25, -0.2) is 0 Å². The van der Waals surface area contributed by atoms with Crippen LogP contribution in [0.3, 0.4) is 0 Å². The van der Waals surface area contributed by atoms with Crippen molar-refractivity contribution < 1.29 is 48.7 Å². The number of hydrogen-bond acceptors (Lipinski definition) is 9. The maximum atomic E-state index is 13.2. The molecule has 3 aliphatic carbocycles. The molecule has 1 heterocycles. The number of carboxylic acids is 1. The molecule has 0 unspecified atom stereocenters. The summed E-state index contributed by atoms with van der Waals surface area (Å²) in [5.41, 5.74) is -0.311. The molecular weight excluding hydrogens is 484 g/mol. The Hall–Kier alpha value is -3.40. The summed E-state index contributed by atoms with van der Waals surface area (Å²) in [5, 5.41) is 32.0. The first-order chi connectivity index (χ1) is 17.5. The van der Waals surface area contributed by atoms with Gasteiger partial charge in [-0.15, -0.1) is 0 Å². The molecule has 1 spiro atoms. The number of ether oxygens (including phenoxy) is 3. The van der Waals surface area contributed by atoms with Crippen LogP contribution in [-0.4, -0.2) is 56.8 Å². The molecule has 0 saturated heterocycles. The molecule has 1 aromatic carbocycles. The van der Waals surface area contributed by atoms with E-state index in [4.69, 9.17) is 14.2 Å². The van der Waals surface area contributed by atoms with Crippen LogP contribution in [0.15, 0.2) is 24.0 Å². The minimum absolute atomic E-state index is 0.0241. The number of rotatable bonds is 8. The van der Waals surface area contributed by atoms with E-state index in [1.54, 1.807) is 12.1 Å². The molecule has 3 N–H and O–H groups in total. The fourth-order valence-electron chi connectivity index (χ4n) is 6.90. The zero-order valence-corrected chi connectivity index (χ0v) is 20.7. The Morgan fingerprint density at radius 1 is 1.22 bits per heavy atom. The molecular formula is C27H30O10. The Balaban J connectivity index is 1.45. The molecule has 10 nitrogen and oxygen atoms in total. The summed E-state index contributed by atoms with van der Waals surface area (Å²) in [6.45, 7) is 2.50. The summed E-state index contributed by atoms with van der Waals surface area (Å²) in [6.07, 6.45) is 1.54. The van der Waals surface area contributed by atoms with Gasteiger partial charge in [0.2, 0.25) is 0 Å². The molecule has 1 fully saturated rings. The van der Waals surface area contributed by atoms with E-state index in [0.29, 0.717) is 12.8 Å². The summed E-state index contributed by atoms with van der Waals surface area (Å²) in [6, 6.07) is 3.42. The standard InChI is InChI=1S/C27H30O10/c1-13(35-14(2)28)19(30)11-16(12-21(31)32)25(33)36-20-7-9-27(34)17-4-3-8-26(27)22-15(10-17)5-6-18(29)23(22)37-24(20)26/h5-7,13,16-17,24,29,34H,3-4,8-12H2,1-2H3,(H,31,32)/t13-,16-,17-,24+,26+,27-/m0/s1. The van der Waals surface area contributed by atoms with Gasteiger partial charge in [0.15, 0.2) is 29.5 Å². The van der Waals surface area contributed by atoms with Crippen molar-refractivity contribution in [3.8, 4) is 11.5 Å². The highest BCUT2D eigenvalue weighted by Gasteiger charge is 2.70. The minimum Gasteiger partial charge on any atom is -0.504 e. The fourth-order valence-corrected chi connectivity index (χ4v) is 6.90. The summed E-state index contributed by atoms with van der Waals surface area (Å²) >= 11 is 0. The molecule has 0 aromatic heterocycles. The lowest BCUT2D eigenvalue weighted by Gasteiger charge is -2.59. The second-order valence-corrected chi connectivity index (χ2v) is 10.6. The van der Waals surface area contributed by atoms with Crippen molar-refractivity contribution in [2.75, 3.05) is 0 Å². The molecule has 198 valence electrons. The van der Waals surface area contributed by atoms with Crippen LogP contribution in [-0.2, 0) is 40.5 Å².